The molecule has 0 bridgehead atoms. The molecular weight excluding hydrogens is 451 g/mol. The van der Waals surface area contributed by atoms with Crippen LogP contribution in [-0.2, 0) is 29.0 Å². The molecule has 1 fully saturated rings. The van der Waals surface area contributed by atoms with E-state index in [0.717, 1.165) is 30.2 Å². The highest BCUT2D eigenvalue weighted by Gasteiger charge is 2.47. The summed E-state index contributed by atoms with van der Waals surface area (Å²) in [6, 6.07) is 7.25. The van der Waals surface area contributed by atoms with Crippen LogP contribution < -0.4 is 5.48 Å². The van der Waals surface area contributed by atoms with Gasteiger partial charge in [-0.25, -0.2) is 18.7 Å². The van der Waals surface area contributed by atoms with Crippen LogP contribution >= 0.6 is 0 Å². The Kier molecular flexibility index (Phi) is 8.46. The Morgan fingerprint density at radius 3 is 2.73 bits per heavy atom. The Balaban J connectivity index is 1.61. The third kappa shape index (κ3) is 6.53. The highest BCUT2D eigenvalue weighted by Crippen LogP contribution is 2.29. The summed E-state index contributed by atoms with van der Waals surface area (Å²) in [7, 11) is -3.81. The lowest BCUT2D eigenvalue weighted by molar-refractivity contribution is -0.201. The Morgan fingerprint density at radius 1 is 1.33 bits per heavy atom. The molecule has 3 atom stereocenters. The van der Waals surface area contributed by atoms with Crippen molar-refractivity contribution < 1.29 is 32.0 Å². The van der Waals surface area contributed by atoms with Crippen LogP contribution in [0.4, 0.5) is 4.39 Å². The van der Waals surface area contributed by atoms with E-state index in [2.05, 4.69) is 22.5 Å². The van der Waals surface area contributed by atoms with Crippen molar-refractivity contribution in [3.05, 3.63) is 35.4 Å². The number of nitrogens with zero attached hydrogens (tertiary/aromatic N) is 1. The summed E-state index contributed by atoms with van der Waals surface area (Å²) in [5.41, 5.74) is 4.47. The summed E-state index contributed by atoms with van der Waals surface area (Å²) < 4.78 is 40.9. The molecule has 1 N–H and O–H groups in total. The van der Waals surface area contributed by atoms with Crippen molar-refractivity contribution >= 4 is 21.5 Å². The highest BCUT2D eigenvalue weighted by atomic mass is 32.2. The van der Waals surface area contributed by atoms with Crippen LogP contribution in [0.3, 0.4) is 0 Å². The molecule has 0 aliphatic carbocycles. The van der Waals surface area contributed by atoms with Gasteiger partial charge in [-0.15, -0.1) is 0 Å². The molecule has 0 spiro atoms. The van der Waals surface area contributed by atoms with Crippen molar-refractivity contribution in [3.63, 3.8) is 0 Å². The van der Waals surface area contributed by atoms with E-state index in [4.69, 9.17) is 14.4 Å². The molecule has 2 aliphatic heterocycles. The van der Waals surface area contributed by atoms with E-state index in [1.807, 2.05) is 12.1 Å². The minimum Gasteiger partial charge on any atom is -0.392 e. The van der Waals surface area contributed by atoms with Gasteiger partial charge >= 0.3 is 0 Å². The number of carbonyl (C=O) groups excluding carboxylic acids is 1. The first kappa shape index (κ1) is 25.1. The topological polar surface area (TPSA) is 103 Å². The number of hydrogen-bond acceptors (Lipinski definition) is 7. The molecule has 0 aromatic heterocycles. The molecular formula is C23H29FN2O6S. The third-order valence-electron chi connectivity index (χ3n) is 5.74. The van der Waals surface area contributed by atoms with Gasteiger partial charge in [0.15, 0.2) is 20.9 Å². The number of alkyl halides is 1. The molecule has 0 saturated carbocycles. The van der Waals surface area contributed by atoms with Crippen molar-refractivity contribution in [2.75, 3.05) is 19.5 Å². The fourth-order valence-electron chi connectivity index (χ4n) is 3.54. The van der Waals surface area contributed by atoms with Gasteiger partial charge in [-0.1, -0.05) is 29.1 Å². The van der Waals surface area contributed by atoms with Gasteiger partial charge < -0.3 is 9.57 Å². The van der Waals surface area contributed by atoms with Gasteiger partial charge in [-0.3, -0.25) is 9.18 Å². The second kappa shape index (κ2) is 11.1. The Morgan fingerprint density at radius 2 is 2.09 bits per heavy atom. The number of amides is 1. The zero-order valence-corrected chi connectivity index (χ0v) is 19.6. The summed E-state index contributed by atoms with van der Waals surface area (Å²) in [4.78, 5) is 23.6. The van der Waals surface area contributed by atoms with Crippen molar-refractivity contribution in [3.8, 4) is 11.8 Å². The first-order valence-corrected chi connectivity index (χ1v) is 12.8. The fraction of sp³-hybridized carbons (Fsp3) is 0.565. The van der Waals surface area contributed by atoms with E-state index >= 15 is 0 Å². The molecule has 1 aromatic carbocycles. The smallest absolute Gasteiger partial charge is 0.264 e. The summed E-state index contributed by atoms with van der Waals surface area (Å²) in [5, 5.41) is 4.09. The normalized spacial score (nSPS) is 22.3. The number of sulfone groups is 1. The number of benzene rings is 1. The van der Waals surface area contributed by atoms with Crippen LogP contribution in [0.15, 0.2) is 29.4 Å². The van der Waals surface area contributed by atoms with E-state index < -0.39 is 39.6 Å². The zero-order chi connectivity index (χ0) is 23.9. The quantitative estimate of drug-likeness (QED) is 0.453. The second-order valence-corrected chi connectivity index (χ2v) is 10.8. The van der Waals surface area contributed by atoms with Crippen molar-refractivity contribution in [2.24, 2.45) is 5.16 Å². The molecule has 0 radical (unpaired) electrons. The van der Waals surface area contributed by atoms with E-state index in [0.29, 0.717) is 25.2 Å². The molecule has 1 aromatic rings. The largest absolute Gasteiger partial charge is 0.392 e. The Bertz CT molecular complexity index is 1030. The van der Waals surface area contributed by atoms with Crippen LogP contribution in [0.2, 0.25) is 0 Å². The lowest BCUT2D eigenvalue weighted by Crippen LogP contribution is -2.52. The van der Waals surface area contributed by atoms with Gasteiger partial charge in [0.2, 0.25) is 0 Å². The van der Waals surface area contributed by atoms with Crippen LogP contribution in [-0.4, -0.2) is 56.7 Å². The lowest BCUT2D eigenvalue weighted by Gasteiger charge is -2.29. The third-order valence-corrected chi connectivity index (χ3v) is 7.73. The van der Waals surface area contributed by atoms with Crippen molar-refractivity contribution in [1.82, 2.24) is 5.48 Å². The fourth-order valence-corrected chi connectivity index (χ4v) is 4.41. The number of carbonyl (C=O) groups is 1. The second-order valence-electron chi connectivity index (χ2n) is 8.34. The number of rotatable bonds is 8. The summed E-state index contributed by atoms with van der Waals surface area (Å²) in [5.74, 6) is 4.84. The molecule has 2 unspecified atom stereocenters. The zero-order valence-electron chi connectivity index (χ0n) is 18.8. The van der Waals surface area contributed by atoms with E-state index in [1.54, 1.807) is 12.1 Å². The standard InChI is InChI=1S/C23H29FN2O6S/c1-23(33(2,28)29,22(27)26-32-21-8-4-6-14-30-21)16-19-15-20(25-31-19)18-11-9-17(10-12-18)7-3-5-13-24/h9-12,19,21H,4-6,8,13-16H2,1-2H3,(H,26,27)/t19?,21?,23-/m1/s1. The molecule has 2 heterocycles. The van der Waals surface area contributed by atoms with Crippen LogP contribution in [0.1, 0.15) is 56.6 Å². The Hall–Kier alpha value is -2.48. The van der Waals surface area contributed by atoms with Gasteiger partial charge in [0.05, 0.1) is 5.71 Å². The SMILES string of the molecule is C[C@@](CC1CC(c2ccc(C#CCCF)cc2)=NO1)(C(=O)NOC1CCCCO1)S(C)(=O)=O. The average molecular weight is 481 g/mol. The maximum atomic E-state index is 12.8. The molecule has 33 heavy (non-hydrogen) atoms. The first-order chi connectivity index (χ1) is 15.7. The summed E-state index contributed by atoms with van der Waals surface area (Å²) in [6.07, 6.45) is 2.73. The van der Waals surface area contributed by atoms with Crippen molar-refractivity contribution in [2.45, 2.75) is 62.6 Å². The van der Waals surface area contributed by atoms with Crippen molar-refractivity contribution in [1.29, 1.82) is 0 Å². The monoisotopic (exact) mass is 480 g/mol. The number of halogens is 1. The molecule has 1 amide bonds. The highest BCUT2D eigenvalue weighted by molar-refractivity contribution is 7.92. The van der Waals surface area contributed by atoms with E-state index in [1.165, 1.54) is 6.92 Å². The number of oxime groups is 1. The first-order valence-electron chi connectivity index (χ1n) is 10.9. The van der Waals surface area contributed by atoms with Crippen LogP contribution in [0.5, 0.6) is 0 Å². The molecule has 2 aliphatic rings. The number of hydroxylamine groups is 1. The van der Waals surface area contributed by atoms with E-state index in [-0.39, 0.29) is 12.8 Å². The molecule has 3 rings (SSSR count). The molecule has 8 nitrogen and oxygen atoms in total. The number of nitrogens with one attached hydrogen (secondary N) is 1. The predicted molar refractivity (Wildman–Crippen MR) is 121 cm³/mol. The summed E-state index contributed by atoms with van der Waals surface area (Å²) >= 11 is 0. The van der Waals surface area contributed by atoms with E-state index in [9.17, 15) is 17.6 Å². The van der Waals surface area contributed by atoms with Gasteiger partial charge in [0.25, 0.3) is 5.91 Å². The van der Waals surface area contributed by atoms with Gasteiger partial charge in [0, 0.05) is 44.1 Å². The Labute approximate surface area is 193 Å². The maximum absolute atomic E-state index is 12.8. The number of ether oxygens (including phenoxy) is 1. The summed E-state index contributed by atoms with van der Waals surface area (Å²) in [6.45, 7) is 1.41. The van der Waals surface area contributed by atoms with Crippen LogP contribution in [0, 0.1) is 11.8 Å². The van der Waals surface area contributed by atoms with Crippen LogP contribution in [0.25, 0.3) is 0 Å². The minimum absolute atomic E-state index is 0.0909. The number of hydrogen-bond donors (Lipinski definition) is 1. The molecule has 10 heteroatoms. The maximum Gasteiger partial charge on any atom is 0.264 e. The minimum atomic E-state index is -3.81. The molecule has 180 valence electrons. The average Bonchev–Trinajstić information content (AvgIpc) is 3.26. The molecule has 1 saturated heterocycles. The van der Waals surface area contributed by atoms with Gasteiger partial charge in [-0.05, 0) is 37.5 Å². The predicted octanol–water partition coefficient (Wildman–Crippen LogP) is 2.66. The van der Waals surface area contributed by atoms with Gasteiger partial charge in [0.1, 0.15) is 12.8 Å². The lowest BCUT2D eigenvalue weighted by atomic mass is 9.96. The van der Waals surface area contributed by atoms with Gasteiger partial charge in [-0.2, -0.15) is 0 Å².